The minimum Gasteiger partial charge on any atom is -0.307 e. The SMILES string of the molecule is [C-]#[N+]c1cc(-c2cc(-n3c4ccccc4c4ccc(C)cc43)c(-n3c4ccccc4c4ccc(C)cc43)cc2C#N)cc(C(F)(F)F)c1. The second-order valence-corrected chi connectivity index (χ2v) is 12.1. The van der Waals surface area contributed by atoms with Gasteiger partial charge in [-0.2, -0.15) is 18.4 Å². The Morgan fingerprint density at radius 2 is 1.15 bits per heavy atom. The molecule has 0 fully saturated rings. The molecule has 0 saturated carbocycles. The lowest BCUT2D eigenvalue weighted by molar-refractivity contribution is -0.137. The number of alkyl halides is 3. The summed E-state index contributed by atoms with van der Waals surface area (Å²) >= 11 is 0. The van der Waals surface area contributed by atoms with Gasteiger partial charge in [0.25, 0.3) is 0 Å². The lowest BCUT2D eigenvalue weighted by atomic mass is 9.96. The summed E-state index contributed by atoms with van der Waals surface area (Å²) in [4.78, 5) is 3.34. The fourth-order valence-electron chi connectivity index (χ4n) is 6.94. The van der Waals surface area contributed by atoms with Crippen molar-refractivity contribution in [2.75, 3.05) is 0 Å². The van der Waals surface area contributed by atoms with Crippen LogP contribution in [0.2, 0.25) is 0 Å². The predicted molar refractivity (Wildman–Crippen MR) is 186 cm³/mol. The number of rotatable bonds is 3. The number of aromatic nitrogens is 2. The quantitative estimate of drug-likeness (QED) is 0.179. The van der Waals surface area contributed by atoms with Gasteiger partial charge in [-0.3, -0.25) is 0 Å². The summed E-state index contributed by atoms with van der Waals surface area (Å²) in [5.41, 5.74) is 6.78. The number of nitriles is 1. The van der Waals surface area contributed by atoms with Gasteiger partial charge in [0, 0.05) is 32.7 Å². The Labute approximate surface area is 273 Å². The lowest BCUT2D eigenvalue weighted by Gasteiger charge is -2.20. The van der Waals surface area contributed by atoms with Crippen LogP contribution in [0.4, 0.5) is 18.9 Å². The van der Waals surface area contributed by atoms with Gasteiger partial charge in [0.1, 0.15) is 0 Å². The van der Waals surface area contributed by atoms with Gasteiger partial charge < -0.3 is 9.13 Å². The van der Waals surface area contributed by atoms with Gasteiger partial charge in [0.2, 0.25) is 0 Å². The highest BCUT2D eigenvalue weighted by Gasteiger charge is 2.32. The van der Waals surface area contributed by atoms with Gasteiger partial charge in [0.15, 0.2) is 5.69 Å². The normalized spacial score (nSPS) is 11.8. The first-order valence-corrected chi connectivity index (χ1v) is 15.3. The number of aryl methyl sites for hydroxylation is 2. The molecule has 0 amide bonds. The first-order chi connectivity index (χ1) is 23.2. The van der Waals surface area contributed by atoms with Crippen molar-refractivity contribution in [1.82, 2.24) is 9.13 Å². The van der Waals surface area contributed by atoms with Gasteiger partial charge >= 0.3 is 6.18 Å². The molecule has 0 atom stereocenters. The standard InChI is InChI=1S/C41H25F3N4/c1-24-12-14-32-30-8-4-6-10-35(30)47(37(32)16-24)39-20-27(23-45)34(26-18-28(41(42,43)44)21-29(19-26)46-3)22-40(39)48-36-11-7-5-9-31(36)33-15-13-25(2)17-38(33)48/h4-22H,1-2H3. The third kappa shape index (κ3) is 4.44. The minimum atomic E-state index is -4.67. The molecule has 0 spiro atoms. The average molecular weight is 631 g/mol. The third-order valence-electron chi connectivity index (χ3n) is 9.06. The van der Waals surface area contributed by atoms with Crippen LogP contribution in [0.3, 0.4) is 0 Å². The smallest absolute Gasteiger partial charge is 0.307 e. The van der Waals surface area contributed by atoms with Crippen LogP contribution < -0.4 is 0 Å². The van der Waals surface area contributed by atoms with Crippen LogP contribution in [0.15, 0.2) is 115 Å². The van der Waals surface area contributed by atoms with E-state index >= 15 is 0 Å². The van der Waals surface area contributed by atoms with Crippen LogP contribution in [-0.4, -0.2) is 9.13 Å². The molecule has 48 heavy (non-hydrogen) atoms. The lowest BCUT2D eigenvalue weighted by Crippen LogP contribution is -2.07. The zero-order chi connectivity index (χ0) is 33.3. The zero-order valence-corrected chi connectivity index (χ0v) is 25.9. The first-order valence-electron chi connectivity index (χ1n) is 15.3. The van der Waals surface area contributed by atoms with Crippen LogP contribution >= 0.6 is 0 Å². The molecular formula is C41H25F3N4. The Hall–Kier alpha value is -6.31. The van der Waals surface area contributed by atoms with Crippen LogP contribution in [0.1, 0.15) is 22.3 Å². The van der Waals surface area contributed by atoms with Crippen molar-refractivity contribution in [3.8, 4) is 28.6 Å². The van der Waals surface area contributed by atoms with Crippen molar-refractivity contribution in [2.45, 2.75) is 20.0 Å². The van der Waals surface area contributed by atoms with E-state index in [1.807, 2.05) is 56.3 Å². The highest BCUT2D eigenvalue weighted by Crippen LogP contribution is 2.43. The largest absolute Gasteiger partial charge is 0.415 e. The molecule has 230 valence electrons. The maximum Gasteiger partial charge on any atom is 0.415 e. The van der Waals surface area contributed by atoms with Gasteiger partial charge in [0.05, 0.1) is 51.6 Å². The summed E-state index contributed by atoms with van der Waals surface area (Å²) in [6.07, 6.45) is -4.67. The molecule has 0 aliphatic carbocycles. The van der Waals surface area contributed by atoms with Crippen LogP contribution in [-0.2, 0) is 6.18 Å². The van der Waals surface area contributed by atoms with E-state index in [1.54, 1.807) is 6.07 Å². The Balaban J connectivity index is 1.58. The van der Waals surface area contributed by atoms with Gasteiger partial charge in [-0.15, -0.1) is 0 Å². The Morgan fingerprint density at radius 1 is 0.625 bits per heavy atom. The Bertz CT molecular complexity index is 2710. The highest BCUT2D eigenvalue weighted by molar-refractivity contribution is 6.12. The summed E-state index contributed by atoms with van der Waals surface area (Å²) in [6, 6.07) is 37.8. The second kappa shape index (κ2) is 10.6. The van der Waals surface area contributed by atoms with Crippen molar-refractivity contribution >= 4 is 49.3 Å². The molecule has 0 unspecified atom stereocenters. The van der Waals surface area contributed by atoms with Crippen LogP contribution in [0.5, 0.6) is 0 Å². The molecule has 8 rings (SSSR count). The molecule has 6 aromatic carbocycles. The highest BCUT2D eigenvalue weighted by atomic mass is 19.4. The molecule has 0 N–H and O–H groups in total. The van der Waals surface area contributed by atoms with Crippen molar-refractivity contribution in [1.29, 1.82) is 5.26 Å². The molecule has 4 nitrogen and oxygen atoms in total. The zero-order valence-electron chi connectivity index (χ0n) is 25.9. The molecule has 2 heterocycles. The van der Waals surface area contributed by atoms with E-state index in [0.29, 0.717) is 16.9 Å². The molecule has 2 aromatic heterocycles. The topological polar surface area (TPSA) is 38.0 Å². The van der Waals surface area contributed by atoms with Crippen molar-refractivity contribution in [2.24, 2.45) is 0 Å². The van der Waals surface area contributed by atoms with E-state index in [4.69, 9.17) is 6.57 Å². The molecule has 0 saturated heterocycles. The van der Waals surface area contributed by atoms with Gasteiger partial charge in [-0.05, 0) is 85.1 Å². The van der Waals surface area contributed by atoms with E-state index in [1.165, 1.54) is 6.07 Å². The van der Waals surface area contributed by atoms with E-state index < -0.39 is 11.7 Å². The summed E-state index contributed by atoms with van der Waals surface area (Å²) in [6.45, 7) is 11.6. The molecule has 0 aliphatic rings. The fraction of sp³-hybridized carbons (Fsp3) is 0.0732. The first kappa shape index (κ1) is 29.1. The molecule has 0 bridgehead atoms. The number of benzene rings is 6. The third-order valence-corrected chi connectivity index (χ3v) is 9.06. The van der Waals surface area contributed by atoms with Gasteiger partial charge in [-0.25, -0.2) is 4.85 Å². The molecule has 8 aromatic rings. The van der Waals surface area contributed by atoms with Crippen molar-refractivity contribution in [3.05, 3.63) is 149 Å². The van der Waals surface area contributed by atoms with Crippen LogP contribution in [0, 0.1) is 31.8 Å². The maximum atomic E-state index is 14.1. The average Bonchev–Trinajstić information content (AvgIpc) is 3.58. The summed E-state index contributed by atoms with van der Waals surface area (Å²) in [7, 11) is 0. The van der Waals surface area contributed by atoms with Gasteiger partial charge in [-0.1, -0.05) is 60.7 Å². The summed E-state index contributed by atoms with van der Waals surface area (Å²) in [5.74, 6) is 0. The number of hydrogen-bond donors (Lipinski definition) is 0. The molecule has 0 radical (unpaired) electrons. The van der Waals surface area contributed by atoms with Crippen molar-refractivity contribution in [3.63, 3.8) is 0 Å². The van der Waals surface area contributed by atoms with E-state index in [9.17, 15) is 18.4 Å². The van der Waals surface area contributed by atoms with E-state index in [-0.39, 0.29) is 16.8 Å². The number of nitrogens with zero attached hydrogens (tertiary/aromatic N) is 4. The number of halogens is 3. The minimum absolute atomic E-state index is 0.148. The Kier molecular flexibility index (Phi) is 6.44. The predicted octanol–water partition coefficient (Wildman–Crippen LogP) is 11.6. The monoisotopic (exact) mass is 630 g/mol. The van der Waals surface area contributed by atoms with E-state index in [0.717, 1.165) is 66.9 Å². The molecule has 7 heteroatoms. The van der Waals surface area contributed by atoms with Crippen molar-refractivity contribution < 1.29 is 13.2 Å². The van der Waals surface area contributed by atoms with E-state index in [2.05, 4.69) is 68.6 Å². The number of fused-ring (bicyclic) bond motifs is 6. The maximum absolute atomic E-state index is 14.1. The fourth-order valence-corrected chi connectivity index (χ4v) is 6.94. The molecule has 0 aliphatic heterocycles. The molecular weight excluding hydrogens is 605 g/mol. The number of para-hydroxylation sites is 2. The second-order valence-electron chi connectivity index (χ2n) is 12.1. The number of hydrogen-bond acceptors (Lipinski definition) is 1. The van der Waals surface area contributed by atoms with Crippen LogP contribution in [0.25, 0.3) is 71.0 Å². The summed E-state index contributed by atoms with van der Waals surface area (Å²) in [5, 5.41) is 14.7. The Morgan fingerprint density at radius 3 is 1.67 bits per heavy atom. The summed E-state index contributed by atoms with van der Waals surface area (Å²) < 4.78 is 46.5.